The molecule has 0 unspecified atom stereocenters. The van der Waals surface area contributed by atoms with Gasteiger partial charge >= 0.3 is 0 Å². The molecule has 6 nitrogen and oxygen atoms in total. The van der Waals surface area contributed by atoms with Gasteiger partial charge in [0, 0.05) is 12.1 Å². The summed E-state index contributed by atoms with van der Waals surface area (Å²) in [6.07, 6.45) is 4.25. The maximum atomic E-state index is 5.03. The number of hydrogen-bond donors (Lipinski definition) is 1. The van der Waals surface area contributed by atoms with Crippen LogP contribution in [0.1, 0.15) is 5.82 Å². The highest BCUT2D eigenvalue weighted by Crippen LogP contribution is 2.15. The molecule has 6 heteroatoms. The van der Waals surface area contributed by atoms with Crippen LogP contribution >= 0.6 is 0 Å². The quantitative estimate of drug-likeness (QED) is 0.829. The minimum atomic E-state index is 0.561. The van der Waals surface area contributed by atoms with Crippen LogP contribution in [0.3, 0.4) is 0 Å². The maximum absolute atomic E-state index is 5.03. The Bertz CT molecular complexity index is 488. The van der Waals surface area contributed by atoms with Gasteiger partial charge in [-0.3, -0.25) is 0 Å². The molecule has 2 heterocycles. The Balaban J connectivity index is 2.20. The van der Waals surface area contributed by atoms with Gasteiger partial charge in [-0.05, 0) is 6.92 Å². The number of ether oxygens (including phenoxy) is 1. The zero-order valence-corrected chi connectivity index (χ0v) is 8.93. The molecular formula is C10H10N5O. The van der Waals surface area contributed by atoms with Crippen molar-refractivity contribution in [1.82, 2.24) is 20.2 Å². The zero-order valence-electron chi connectivity index (χ0n) is 8.93. The van der Waals surface area contributed by atoms with Crippen LogP contribution in [0, 0.1) is 13.1 Å². The highest BCUT2D eigenvalue weighted by atomic mass is 16.5. The summed E-state index contributed by atoms with van der Waals surface area (Å²) >= 11 is 0. The molecule has 0 saturated heterocycles. The van der Waals surface area contributed by atoms with Crippen molar-refractivity contribution in [2.45, 2.75) is 6.92 Å². The molecule has 0 bridgehead atoms. The molecule has 0 aliphatic carbocycles. The van der Waals surface area contributed by atoms with E-state index in [1.807, 2.05) is 0 Å². The number of aryl methyl sites for hydroxylation is 1. The first-order chi connectivity index (χ1) is 7.78. The second kappa shape index (κ2) is 4.52. The van der Waals surface area contributed by atoms with E-state index in [-0.39, 0.29) is 0 Å². The van der Waals surface area contributed by atoms with Crippen molar-refractivity contribution < 1.29 is 4.74 Å². The second-order valence-corrected chi connectivity index (χ2v) is 3.04. The van der Waals surface area contributed by atoms with Gasteiger partial charge in [0.25, 0.3) is 0 Å². The molecule has 0 aliphatic rings. The predicted molar refractivity (Wildman–Crippen MR) is 57.5 cm³/mol. The Hall–Kier alpha value is -2.24. The molecule has 2 rings (SSSR count). The summed E-state index contributed by atoms with van der Waals surface area (Å²) in [6, 6.07) is 3.36. The molecule has 1 N–H and O–H groups in total. The predicted octanol–water partition coefficient (Wildman–Crippen LogP) is 1.13. The Labute approximate surface area is 92.7 Å². The van der Waals surface area contributed by atoms with Crippen LogP contribution in [-0.2, 0) is 0 Å². The largest absolute Gasteiger partial charge is 0.495 e. The van der Waals surface area contributed by atoms with Gasteiger partial charge in [-0.2, -0.15) is 5.10 Å². The average Bonchev–Trinajstić information content (AvgIpc) is 2.29. The van der Waals surface area contributed by atoms with Crippen LogP contribution < -0.4 is 10.1 Å². The molecule has 0 atom stereocenters. The van der Waals surface area contributed by atoms with Gasteiger partial charge in [0.1, 0.15) is 17.4 Å². The van der Waals surface area contributed by atoms with Crippen LogP contribution in [0.2, 0.25) is 0 Å². The lowest BCUT2D eigenvalue weighted by atomic mass is 10.4. The van der Waals surface area contributed by atoms with Gasteiger partial charge in [0.2, 0.25) is 0 Å². The lowest BCUT2D eigenvalue weighted by Crippen LogP contribution is -1.99. The topological polar surface area (TPSA) is 72.8 Å². The molecule has 2 aromatic heterocycles. The fourth-order valence-electron chi connectivity index (χ4n) is 1.14. The van der Waals surface area contributed by atoms with Gasteiger partial charge in [-0.15, -0.1) is 5.10 Å². The average molecular weight is 216 g/mol. The Kier molecular flexibility index (Phi) is 2.90. The van der Waals surface area contributed by atoms with Crippen LogP contribution in [0.4, 0.5) is 11.6 Å². The van der Waals surface area contributed by atoms with E-state index in [2.05, 4.69) is 31.7 Å². The lowest BCUT2D eigenvalue weighted by Gasteiger charge is -2.05. The highest BCUT2D eigenvalue weighted by molar-refractivity contribution is 5.51. The Morgan fingerprint density at radius 2 is 2.25 bits per heavy atom. The number of nitrogens with one attached hydrogen (secondary N) is 1. The monoisotopic (exact) mass is 216 g/mol. The van der Waals surface area contributed by atoms with Crippen LogP contribution in [0.5, 0.6) is 5.75 Å². The number of hydrogen-bond acceptors (Lipinski definition) is 6. The third-order valence-electron chi connectivity index (χ3n) is 1.83. The minimum Gasteiger partial charge on any atom is -0.495 e. The van der Waals surface area contributed by atoms with Crippen molar-refractivity contribution in [3.63, 3.8) is 0 Å². The number of methoxy groups -OCH3 is 1. The normalized spacial score (nSPS) is 9.88. The van der Waals surface area contributed by atoms with E-state index >= 15 is 0 Å². The van der Waals surface area contributed by atoms with Crippen molar-refractivity contribution in [2.75, 3.05) is 12.4 Å². The lowest BCUT2D eigenvalue weighted by molar-refractivity contribution is 0.412. The highest BCUT2D eigenvalue weighted by Gasteiger charge is 2.00. The number of aromatic nitrogens is 4. The summed E-state index contributed by atoms with van der Waals surface area (Å²) in [7, 11) is 1.57. The van der Waals surface area contributed by atoms with Gasteiger partial charge in [-0.1, -0.05) is 0 Å². The second-order valence-electron chi connectivity index (χ2n) is 3.04. The van der Waals surface area contributed by atoms with Gasteiger partial charge in [0.05, 0.1) is 19.5 Å². The maximum Gasteiger partial charge on any atom is 0.157 e. The third kappa shape index (κ3) is 2.41. The van der Waals surface area contributed by atoms with E-state index < -0.39 is 0 Å². The first-order valence-electron chi connectivity index (χ1n) is 4.63. The first kappa shape index (κ1) is 10.3. The van der Waals surface area contributed by atoms with Gasteiger partial charge < -0.3 is 10.1 Å². The summed E-state index contributed by atoms with van der Waals surface area (Å²) < 4.78 is 5.03. The molecule has 0 aliphatic heterocycles. The molecule has 2 aromatic rings. The zero-order chi connectivity index (χ0) is 11.4. The van der Waals surface area contributed by atoms with E-state index in [0.717, 1.165) is 0 Å². The van der Waals surface area contributed by atoms with Gasteiger partial charge in [-0.25, -0.2) is 9.97 Å². The van der Waals surface area contributed by atoms with Crippen LogP contribution in [0.25, 0.3) is 0 Å². The molecule has 0 saturated carbocycles. The van der Waals surface area contributed by atoms with E-state index in [9.17, 15) is 0 Å². The summed E-state index contributed by atoms with van der Waals surface area (Å²) in [4.78, 5) is 8.04. The Morgan fingerprint density at radius 3 is 3.00 bits per heavy atom. The SMILES string of the molecule is COc1cnnc(Nc2c[c]nc(C)n2)c1. The minimum absolute atomic E-state index is 0.561. The summed E-state index contributed by atoms with van der Waals surface area (Å²) in [6.45, 7) is 1.79. The van der Waals surface area contributed by atoms with Crippen molar-refractivity contribution in [3.05, 3.63) is 30.4 Å². The molecule has 16 heavy (non-hydrogen) atoms. The van der Waals surface area contributed by atoms with Crippen molar-refractivity contribution in [2.24, 2.45) is 0 Å². The third-order valence-corrected chi connectivity index (χ3v) is 1.83. The molecule has 0 spiro atoms. The number of nitrogens with zero attached hydrogens (tertiary/aromatic N) is 4. The van der Waals surface area contributed by atoms with Crippen LogP contribution in [0.15, 0.2) is 18.3 Å². The van der Waals surface area contributed by atoms with E-state index in [1.165, 1.54) is 6.20 Å². The standard InChI is InChI=1S/C10H10N5O/c1-7-11-4-3-9(13-7)14-10-5-8(16-2)6-12-15-10/h3,5-6H,1-2H3,(H,11,13,14,15). The van der Waals surface area contributed by atoms with Crippen molar-refractivity contribution >= 4 is 11.6 Å². The molecule has 1 radical (unpaired) electrons. The number of rotatable bonds is 3. The molecule has 0 aromatic carbocycles. The van der Waals surface area contributed by atoms with E-state index in [0.29, 0.717) is 23.2 Å². The fraction of sp³-hybridized carbons (Fsp3) is 0.200. The fourth-order valence-corrected chi connectivity index (χ4v) is 1.14. The molecule has 81 valence electrons. The molecule has 0 fully saturated rings. The Morgan fingerprint density at radius 1 is 1.38 bits per heavy atom. The molecule has 0 amide bonds. The van der Waals surface area contributed by atoms with Crippen molar-refractivity contribution in [1.29, 1.82) is 0 Å². The van der Waals surface area contributed by atoms with Gasteiger partial charge in [0.15, 0.2) is 5.82 Å². The van der Waals surface area contributed by atoms with E-state index in [4.69, 9.17) is 4.74 Å². The smallest absolute Gasteiger partial charge is 0.157 e. The first-order valence-corrected chi connectivity index (χ1v) is 4.63. The van der Waals surface area contributed by atoms with Crippen LogP contribution in [-0.4, -0.2) is 27.3 Å². The van der Waals surface area contributed by atoms with Crippen molar-refractivity contribution in [3.8, 4) is 5.75 Å². The van der Waals surface area contributed by atoms with E-state index in [1.54, 1.807) is 26.2 Å². The summed E-state index contributed by atoms with van der Waals surface area (Å²) in [5.41, 5.74) is 0. The number of anilines is 2. The summed E-state index contributed by atoms with van der Waals surface area (Å²) in [5.74, 6) is 2.45. The summed E-state index contributed by atoms with van der Waals surface area (Å²) in [5, 5.41) is 10.7. The molecular weight excluding hydrogens is 206 g/mol.